The summed E-state index contributed by atoms with van der Waals surface area (Å²) in [5.41, 5.74) is 3.73. The molecule has 31 heavy (non-hydrogen) atoms. The molecule has 2 N–H and O–H groups in total. The highest BCUT2D eigenvalue weighted by atomic mass is 79.9. The Labute approximate surface area is 200 Å². The van der Waals surface area contributed by atoms with E-state index in [1.165, 1.54) is 4.88 Å². The van der Waals surface area contributed by atoms with Crippen molar-refractivity contribution < 1.29 is 4.79 Å². The number of pyridine rings is 1. The molecule has 0 bridgehead atoms. The zero-order valence-corrected chi connectivity index (χ0v) is 20.6. The quantitative estimate of drug-likeness (QED) is 0.409. The number of hydrogen-bond acceptors (Lipinski definition) is 4. The lowest BCUT2D eigenvalue weighted by molar-refractivity contribution is -0.118. The van der Waals surface area contributed by atoms with Crippen LogP contribution in [0.1, 0.15) is 42.1 Å². The number of halogens is 1. The number of anilines is 2. The molecule has 2 atom stereocenters. The Kier molecular flexibility index (Phi) is 6.41. The molecule has 0 unspecified atom stereocenters. The summed E-state index contributed by atoms with van der Waals surface area (Å²) in [6, 6.07) is 16.0. The average molecular weight is 516 g/mol. The van der Waals surface area contributed by atoms with Gasteiger partial charge in [0.2, 0.25) is 5.91 Å². The fourth-order valence-corrected chi connectivity index (χ4v) is 5.52. The summed E-state index contributed by atoms with van der Waals surface area (Å²) in [4.78, 5) is 20.0. The number of nitrogens with zero attached hydrogens (tertiary/aromatic N) is 2. The third kappa shape index (κ3) is 4.51. The van der Waals surface area contributed by atoms with Gasteiger partial charge in [-0.15, -0.1) is 11.3 Å². The molecule has 3 heterocycles. The first kappa shape index (κ1) is 21.9. The number of nitrogens with one attached hydrogen (secondary N) is 2. The van der Waals surface area contributed by atoms with Gasteiger partial charge in [-0.2, -0.15) is 0 Å². The minimum Gasteiger partial charge on any atom is -0.351 e. The van der Waals surface area contributed by atoms with E-state index in [2.05, 4.69) is 54.6 Å². The number of carbonyl (C=O) groups excluding carboxylic acids is 1. The topological polar surface area (TPSA) is 57.3 Å². The molecule has 8 heteroatoms. The fourth-order valence-electron chi connectivity index (χ4n) is 3.62. The first-order valence-corrected chi connectivity index (χ1v) is 12.0. The summed E-state index contributed by atoms with van der Waals surface area (Å²) in [7, 11) is 0. The highest BCUT2D eigenvalue weighted by Crippen LogP contribution is 2.44. The summed E-state index contributed by atoms with van der Waals surface area (Å²) in [6.07, 6.45) is 1.81. The van der Waals surface area contributed by atoms with Crippen LogP contribution in [0.4, 0.5) is 11.4 Å². The Morgan fingerprint density at radius 1 is 1.26 bits per heavy atom. The van der Waals surface area contributed by atoms with Crippen molar-refractivity contribution in [3.05, 3.63) is 74.6 Å². The second-order valence-corrected chi connectivity index (χ2v) is 10.7. The number of hydrogen-bond donors (Lipinski definition) is 2. The van der Waals surface area contributed by atoms with Gasteiger partial charge in [-0.25, -0.2) is 0 Å². The first-order chi connectivity index (χ1) is 14.8. The van der Waals surface area contributed by atoms with Crippen molar-refractivity contribution in [1.29, 1.82) is 0 Å². The maximum atomic E-state index is 12.1. The summed E-state index contributed by atoms with van der Waals surface area (Å²) in [5.74, 6) is -0.0686. The van der Waals surface area contributed by atoms with E-state index in [9.17, 15) is 4.79 Å². The number of thiocarbonyl (C=S) groups is 1. The second-order valence-electron chi connectivity index (χ2n) is 7.78. The van der Waals surface area contributed by atoms with Gasteiger partial charge in [-0.3, -0.25) is 9.78 Å². The summed E-state index contributed by atoms with van der Waals surface area (Å²) < 4.78 is 1.07. The molecular formula is C23H23BrN4OS2. The van der Waals surface area contributed by atoms with E-state index in [1.54, 1.807) is 17.5 Å². The minimum atomic E-state index is -0.0739. The molecule has 0 radical (unpaired) electrons. The zero-order valence-electron chi connectivity index (χ0n) is 17.4. The minimum absolute atomic E-state index is 0.00531. The molecule has 1 fully saturated rings. The molecule has 0 spiro atoms. The van der Waals surface area contributed by atoms with Gasteiger partial charge in [0.1, 0.15) is 0 Å². The van der Waals surface area contributed by atoms with Gasteiger partial charge in [0.15, 0.2) is 5.11 Å². The van der Waals surface area contributed by atoms with Gasteiger partial charge in [0, 0.05) is 28.4 Å². The highest BCUT2D eigenvalue weighted by Gasteiger charge is 2.41. The van der Waals surface area contributed by atoms with Gasteiger partial charge in [0.25, 0.3) is 0 Å². The molecule has 4 rings (SSSR count). The number of thiophene rings is 1. The van der Waals surface area contributed by atoms with Crippen LogP contribution < -0.4 is 15.5 Å². The van der Waals surface area contributed by atoms with Crippen LogP contribution in [0.25, 0.3) is 0 Å². The lowest BCUT2D eigenvalue weighted by atomic mass is 10.0. The SMILES string of the molecule is Cc1cc(N2C(=S)N[C@@H](c3ccccn3)[C@H]2c2ccc(Br)s2)ccc1NC(=O)C(C)C. The zero-order chi connectivity index (χ0) is 22.1. The highest BCUT2D eigenvalue weighted by molar-refractivity contribution is 9.11. The van der Waals surface area contributed by atoms with Crippen molar-refractivity contribution >= 4 is 61.9 Å². The standard InChI is InChI=1S/C23H23BrN4OS2/c1-13(2)22(29)26-16-8-7-15(12-14(16)3)28-21(18-9-10-19(24)31-18)20(27-23(28)30)17-6-4-5-11-25-17/h4-13,20-21H,1-3H3,(H,26,29)(H,27,30)/t20-,21+/m0/s1. The monoisotopic (exact) mass is 514 g/mol. The number of benzene rings is 1. The normalized spacial score (nSPS) is 18.4. The van der Waals surface area contributed by atoms with E-state index in [0.717, 1.165) is 26.4 Å². The summed E-state index contributed by atoms with van der Waals surface area (Å²) in [6.45, 7) is 5.77. The number of amides is 1. The third-order valence-corrected chi connectivity index (χ3v) is 7.26. The van der Waals surface area contributed by atoms with E-state index < -0.39 is 0 Å². The average Bonchev–Trinajstić information content (AvgIpc) is 3.32. The Hall–Kier alpha value is -2.29. The molecule has 2 aromatic heterocycles. The Morgan fingerprint density at radius 3 is 2.68 bits per heavy atom. The van der Waals surface area contributed by atoms with Crippen LogP contribution >= 0.6 is 39.5 Å². The Balaban J connectivity index is 1.73. The van der Waals surface area contributed by atoms with Crippen LogP contribution in [-0.2, 0) is 4.79 Å². The molecule has 0 saturated carbocycles. The van der Waals surface area contributed by atoms with Crippen LogP contribution in [0.5, 0.6) is 0 Å². The van der Waals surface area contributed by atoms with Crippen molar-refractivity contribution in [2.75, 3.05) is 10.2 Å². The van der Waals surface area contributed by atoms with Gasteiger partial charge in [-0.05, 0) is 83.1 Å². The Morgan fingerprint density at radius 2 is 2.06 bits per heavy atom. The van der Waals surface area contributed by atoms with Gasteiger partial charge in [-0.1, -0.05) is 19.9 Å². The molecule has 1 aromatic carbocycles. The maximum Gasteiger partial charge on any atom is 0.226 e. The number of aromatic nitrogens is 1. The van der Waals surface area contributed by atoms with Crippen LogP contribution in [0, 0.1) is 12.8 Å². The van der Waals surface area contributed by atoms with Crippen LogP contribution in [0.15, 0.2) is 58.5 Å². The largest absolute Gasteiger partial charge is 0.351 e. The molecule has 0 aliphatic carbocycles. The summed E-state index contributed by atoms with van der Waals surface area (Å²) in [5, 5.41) is 7.13. The molecule has 1 aliphatic rings. The van der Waals surface area contributed by atoms with Crippen molar-refractivity contribution in [3.63, 3.8) is 0 Å². The molecule has 160 valence electrons. The third-order valence-electron chi connectivity index (χ3n) is 5.25. The maximum absolute atomic E-state index is 12.1. The second kappa shape index (κ2) is 9.06. The predicted octanol–water partition coefficient (Wildman–Crippen LogP) is 5.99. The van der Waals surface area contributed by atoms with Gasteiger partial charge in [0.05, 0.1) is 21.6 Å². The van der Waals surface area contributed by atoms with Crippen LogP contribution in [-0.4, -0.2) is 16.0 Å². The lowest BCUT2D eigenvalue weighted by Crippen LogP contribution is -2.29. The van der Waals surface area contributed by atoms with Crippen molar-refractivity contribution in [2.45, 2.75) is 32.9 Å². The van der Waals surface area contributed by atoms with Gasteiger partial charge < -0.3 is 15.5 Å². The van der Waals surface area contributed by atoms with E-state index in [0.29, 0.717) is 5.11 Å². The summed E-state index contributed by atoms with van der Waals surface area (Å²) >= 11 is 11.1. The first-order valence-electron chi connectivity index (χ1n) is 10.0. The molecular weight excluding hydrogens is 492 g/mol. The lowest BCUT2D eigenvalue weighted by Gasteiger charge is -2.27. The smallest absolute Gasteiger partial charge is 0.226 e. The van der Waals surface area contributed by atoms with E-state index >= 15 is 0 Å². The van der Waals surface area contributed by atoms with E-state index in [-0.39, 0.29) is 23.9 Å². The van der Waals surface area contributed by atoms with Crippen LogP contribution in [0.3, 0.4) is 0 Å². The van der Waals surface area contributed by atoms with Crippen LogP contribution in [0.2, 0.25) is 0 Å². The van der Waals surface area contributed by atoms with Gasteiger partial charge >= 0.3 is 0 Å². The predicted molar refractivity (Wildman–Crippen MR) is 135 cm³/mol. The van der Waals surface area contributed by atoms with E-state index in [1.807, 2.05) is 51.1 Å². The Bertz CT molecular complexity index is 1120. The van der Waals surface area contributed by atoms with Crippen molar-refractivity contribution in [3.8, 4) is 0 Å². The molecule has 1 saturated heterocycles. The fraction of sp³-hybridized carbons (Fsp3) is 0.261. The molecule has 5 nitrogen and oxygen atoms in total. The molecule has 1 aliphatic heterocycles. The van der Waals surface area contributed by atoms with E-state index in [4.69, 9.17) is 12.2 Å². The number of aryl methyl sites for hydroxylation is 1. The van der Waals surface area contributed by atoms with Crippen molar-refractivity contribution in [2.24, 2.45) is 5.92 Å². The number of carbonyl (C=O) groups is 1. The molecule has 1 amide bonds. The molecule has 3 aromatic rings. The number of rotatable bonds is 5. The van der Waals surface area contributed by atoms with Crippen molar-refractivity contribution in [1.82, 2.24) is 10.3 Å².